The number of imidazole rings is 1. The Labute approximate surface area is 234 Å². The number of carbonyl (C=O) groups is 5. The van der Waals surface area contributed by atoms with Crippen LogP contribution in [0.3, 0.4) is 0 Å². The highest BCUT2D eigenvalue weighted by molar-refractivity contribution is 7.80. The van der Waals surface area contributed by atoms with E-state index in [1.54, 1.807) is 6.20 Å². The van der Waals surface area contributed by atoms with Crippen molar-refractivity contribution >= 4 is 53.1 Å². The third kappa shape index (κ3) is 8.31. The molecule has 0 radical (unpaired) electrons. The molecule has 0 aliphatic rings. The van der Waals surface area contributed by atoms with Crippen molar-refractivity contribution in [3.8, 4) is 0 Å². The molecule has 0 spiro atoms. The van der Waals surface area contributed by atoms with Crippen LogP contribution >= 0.6 is 12.6 Å². The number of fused-ring (bicyclic) bond motifs is 1. The molecule has 14 nitrogen and oxygen atoms in total. The number of aliphatic carboxylic acids is 1. The number of carboxylic acid groups (broad SMARTS) is 1. The number of nitrogens with two attached hydrogens (primary N) is 2. The summed E-state index contributed by atoms with van der Waals surface area (Å²) >= 11 is 4.14. The first kappa shape index (κ1) is 30.2. The summed E-state index contributed by atoms with van der Waals surface area (Å²) in [6, 6.07) is 2.59. The number of aromatic amines is 2. The van der Waals surface area contributed by atoms with E-state index in [2.05, 4.69) is 43.5 Å². The maximum Gasteiger partial charge on any atom is 0.326 e. The molecule has 0 saturated carbocycles. The van der Waals surface area contributed by atoms with Crippen LogP contribution in [-0.2, 0) is 36.8 Å². The van der Waals surface area contributed by atoms with Gasteiger partial charge in [-0.3, -0.25) is 19.2 Å². The lowest BCUT2D eigenvalue weighted by Gasteiger charge is -2.24. The molecular weight excluding hydrogens is 540 g/mol. The van der Waals surface area contributed by atoms with Crippen molar-refractivity contribution in [1.82, 2.24) is 30.9 Å². The van der Waals surface area contributed by atoms with Gasteiger partial charge in [-0.25, -0.2) is 9.78 Å². The zero-order chi connectivity index (χ0) is 29.2. The van der Waals surface area contributed by atoms with Gasteiger partial charge in [-0.05, 0) is 18.1 Å². The number of hydrogen-bond donors (Lipinski definition) is 9. The monoisotopic (exact) mass is 572 g/mol. The van der Waals surface area contributed by atoms with Crippen LogP contribution in [0.4, 0.5) is 0 Å². The zero-order valence-corrected chi connectivity index (χ0v) is 22.3. The Balaban J connectivity index is 1.78. The lowest BCUT2D eigenvalue weighted by atomic mass is 10.0. The minimum atomic E-state index is -1.31. The standard InChI is InChI=1S/C25H32N8O6S/c26-16(5-6-21(27)34)22(35)33-20(11-40)24(37)31-18(7-13-9-29-17-4-2-1-3-15(13)17)23(36)32-19(25(38)39)8-14-10-28-12-30-14/h1-4,9-10,12,16,18-20,29,40H,5-8,11,26H2,(H2,27,34)(H,28,30)(H,31,37)(H,32,36)(H,33,35)(H,38,39). The highest BCUT2D eigenvalue weighted by Crippen LogP contribution is 2.19. The van der Waals surface area contributed by atoms with Crippen molar-refractivity contribution in [1.29, 1.82) is 0 Å². The molecule has 0 bridgehead atoms. The van der Waals surface area contributed by atoms with Gasteiger partial charge in [0.1, 0.15) is 18.1 Å². The summed E-state index contributed by atoms with van der Waals surface area (Å²) in [4.78, 5) is 71.7. The summed E-state index contributed by atoms with van der Waals surface area (Å²) in [6.45, 7) is 0. The zero-order valence-electron chi connectivity index (χ0n) is 21.4. The number of para-hydroxylation sites is 1. The van der Waals surface area contributed by atoms with Crippen LogP contribution in [0.1, 0.15) is 24.1 Å². The van der Waals surface area contributed by atoms with E-state index < -0.39 is 53.8 Å². The van der Waals surface area contributed by atoms with Crippen molar-refractivity contribution in [3.05, 3.63) is 54.2 Å². The number of amides is 4. The van der Waals surface area contributed by atoms with E-state index in [1.807, 2.05) is 24.3 Å². The Morgan fingerprint density at radius 1 is 0.950 bits per heavy atom. The largest absolute Gasteiger partial charge is 0.480 e. The summed E-state index contributed by atoms with van der Waals surface area (Å²) < 4.78 is 0. The van der Waals surface area contributed by atoms with Gasteiger partial charge >= 0.3 is 5.97 Å². The van der Waals surface area contributed by atoms with Gasteiger partial charge in [-0.1, -0.05) is 18.2 Å². The van der Waals surface area contributed by atoms with Crippen molar-refractivity contribution in [2.75, 3.05) is 5.75 Å². The Kier molecular flexibility index (Phi) is 10.7. The molecule has 3 aromatic rings. The number of primary amides is 1. The lowest BCUT2D eigenvalue weighted by molar-refractivity contribution is -0.142. The second kappa shape index (κ2) is 14.1. The molecule has 0 aliphatic heterocycles. The summed E-state index contributed by atoms with van der Waals surface area (Å²) in [5.74, 6) is -4.19. The second-order valence-corrected chi connectivity index (χ2v) is 9.53. The fourth-order valence-electron chi connectivity index (χ4n) is 3.99. The first-order chi connectivity index (χ1) is 19.1. The SMILES string of the molecule is NC(=O)CCC(N)C(=O)NC(CS)C(=O)NC(Cc1c[nH]c2ccccc12)C(=O)NC(Cc1cnc[nH]1)C(=O)O. The van der Waals surface area contributed by atoms with E-state index in [0.717, 1.165) is 10.9 Å². The number of nitrogens with one attached hydrogen (secondary N) is 5. The van der Waals surface area contributed by atoms with E-state index in [4.69, 9.17) is 11.5 Å². The first-order valence-corrected chi connectivity index (χ1v) is 13.0. The summed E-state index contributed by atoms with van der Waals surface area (Å²) in [6.07, 6.45) is 4.37. The number of hydrogen-bond acceptors (Lipinski definition) is 8. The highest BCUT2D eigenvalue weighted by Gasteiger charge is 2.31. The molecule has 4 amide bonds. The summed E-state index contributed by atoms with van der Waals surface area (Å²) in [5.41, 5.74) is 12.9. The highest BCUT2D eigenvalue weighted by atomic mass is 32.1. The first-order valence-electron chi connectivity index (χ1n) is 12.4. The smallest absolute Gasteiger partial charge is 0.326 e. The Bertz CT molecular complexity index is 1340. The minimum Gasteiger partial charge on any atom is -0.480 e. The Hall–Kier alpha value is -4.37. The predicted molar refractivity (Wildman–Crippen MR) is 148 cm³/mol. The van der Waals surface area contributed by atoms with Crippen LogP contribution in [0.2, 0.25) is 0 Å². The van der Waals surface area contributed by atoms with Crippen LogP contribution in [0.25, 0.3) is 10.9 Å². The fourth-order valence-corrected chi connectivity index (χ4v) is 4.25. The lowest BCUT2D eigenvalue weighted by Crippen LogP contribution is -2.58. The molecule has 0 aliphatic carbocycles. The number of aromatic nitrogens is 3. The number of carboxylic acids is 1. The Morgan fingerprint density at radius 2 is 1.62 bits per heavy atom. The van der Waals surface area contributed by atoms with E-state index in [-0.39, 0.29) is 31.4 Å². The molecule has 2 aromatic heterocycles. The van der Waals surface area contributed by atoms with Gasteiger partial charge in [0.15, 0.2) is 0 Å². The molecule has 1 aromatic carbocycles. The molecular formula is C25H32N8O6S. The number of nitrogens with zero attached hydrogens (tertiary/aromatic N) is 1. The van der Waals surface area contributed by atoms with Crippen LogP contribution in [0.15, 0.2) is 43.0 Å². The molecule has 2 heterocycles. The van der Waals surface area contributed by atoms with Crippen LogP contribution in [-0.4, -0.2) is 79.6 Å². The van der Waals surface area contributed by atoms with Gasteiger partial charge in [-0.2, -0.15) is 12.6 Å². The van der Waals surface area contributed by atoms with Crippen LogP contribution < -0.4 is 27.4 Å². The van der Waals surface area contributed by atoms with E-state index >= 15 is 0 Å². The van der Waals surface area contributed by atoms with Gasteiger partial charge < -0.3 is 42.5 Å². The van der Waals surface area contributed by atoms with Gasteiger partial charge in [0.25, 0.3) is 0 Å². The van der Waals surface area contributed by atoms with E-state index in [1.165, 1.54) is 12.5 Å². The summed E-state index contributed by atoms with van der Waals surface area (Å²) in [5, 5.41) is 18.1. The molecule has 3 rings (SSSR count). The number of benzene rings is 1. The normalized spacial score (nSPS) is 14.1. The van der Waals surface area contributed by atoms with Gasteiger partial charge in [0.05, 0.1) is 12.4 Å². The quantitative estimate of drug-likeness (QED) is 0.0993. The maximum absolute atomic E-state index is 13.4. The van der Waals surface area contributed by atoms with Crippen molar-refractivity contribution in [2.24, 2.45) is 11.5 Å². The van der Waals surface area contributed by atoms with Crippen molar-refractivity contribution in [3.63, 3.8) is 0 Å². The molecule has 214 valence electrons. The average molecular weight is 573 g/mol. The topological polar surface area (TPSA) is 238 Å². The van der Waals surface area contributed by atoms with Crippen LogP contribution in [0.5, 0.6) is 0 Å². The molecule has 40 heavy (non-hydrogen) atoms. The van der Waals surface area contributed by atoms with Crippen molar-refractivity contribution < 1.29 is 29.1 Å². The third-order valence-electron chi connectivity index (χ3n) is 6.18. The van der Waals surface area contributed by atoms with Gasteiger partial charge in [-0.15, -0.1) is 0 Å². The molecule has 4 unspecified atom stereocenters. The second-order valence-electron chi connectivity index (χ2n) is 9.16. The molecule has 0 saturated heterocycles. The molecule has 4 atom stereocenters. The van der Waals surface area contributed by atoms with E-state index in [9.17, 15) is 29.1 Å². The van der Waals surface area contributed by atoms with Crippen LogP contribution in [0, 0.1) is 0 Å². The number of carbonyl (C=O) groups excluding carboxylic acids is 4. The maximum atomic E-state index is 13.4. The number of rotatable bonds is 15. The number of thiol groups is 1. The van der Waals surface area contributed by atoms with Gasteiger partial charge in [0, 0.05) is 54.0 Å². The van der Waals surface area contributed by atoms with Gasteiger partial charge in [0.2, 0.25) is 23.6 Å². The summed E-state index contributed by atoms with van der Waals surface area (Å²) in [7, 11) is 0. The Morgan fingerprint density at radius 3 is 2.27 bits per heavy atom. The molecule has 10 N–H and O–H groups in total. The molecule has 15 heteroatoms. The number of H-pyrrole nitrogens is 2. The average Bonchev–Trinajstić information content (AvgIpc) is 3.59. The van der Waals surface area contributed by atoms with E-state index in [0.29, 0.717) is 11.3 Å². The predicted octanol–water partition coefficient (Wildman–Crippen LogP) is -1.26. The third-order valence-corrected chi connectivity index (χ3v) is 6.54. The fraction of sp³-hybridized carbons (Fsp3) is 0.360. The minimum absolute atomic E-state index is 0.0133. The molecule has 0 fully saturated rings. The van der Waals surface area contributed by atoms with Crippen molar-refractivity contribution in [2.45, 2.75) is 49.9 Å².